The van der Waals surface area contributed by atoms with Crippen molar-refractivity contribution in [1.82, 2.24) is 4.98 Å². The Labute approximate surface area is 93.6 Å². The quantitative estimate of drug-likeness (QED) is 0.856. The Hall–Kier alpha value is -2.23. The summed E-state index contributed by atoms with van der Waals surface area (Å²) < 4.78 is 10.6. The largest absolute Gasteiger partial charge is 0.497 e. The number of hydrogen-bond donors (Lipinski definition) is 1. The van der Waals surface area contributed by atoms with Crippen LogP contribution in [-0.2, 0) is 0 Å². The van der Waals surface area contributed by atoms with Crippen LogP contribution in [0, 0.1) is 0 Å². The van der Waals surface area contributed by atoms with Gasteiger partial charge in [0.15, 0.2) is 0 Å². The highest BCUT2D eigenvalue weighted by atomic mass is 16.5. The smallest absolute Gasteiger partial charge is 0.242 e. The topological polar surface area (TPSA) is 57.4 Å². The zero-order valence-corrected chi connectivity index (χ0v) is 8.88. The Kier molecular flexibility index (Phi) is 2.91. The maximum atomic E-state index is 5.72. The lowest BCUT2D eigenvalue weighted by Gasteiger charge is -2.07. The molecule has 0 fully saturated rings. The zero-order chi connectivity index (χ0) is 11.4. The van der Waals surface area contributed by atoms with Gasteiger partial charge in [-0.2, -0.15) is 0 Å². The number of pyridine rings is 1. The lowest BCUT2D eigenvalue weighted by molar-refractivity contribution is 0.407. The highest BCUT2D eigenvalue weighted by molar-refractivity contribution is 5.49. The second kappa shape index (κ2) is 4.53. The summed E-state index contributed by atoms with van der Waals surface area (Å²) in [5.41, 5.74) is 6.23. The molecule has 0 saturated heterocycles. The van der Waals surface area contributed by atoms with Crippen molar-refractivity contribution in [3.05, 3.63) is 42.6 Å². The van der Waals surface area contributed by atoms with Crippen LogP contribution in [0.25, 0.3) is 0 Å². The molecule has 0 atom stereocenters. The molecule has 0 saturated carbocycles. The highest BCUT2D eigenvalue weighted by Crippen LogP contribution is 2.26. The Morgan fingerprint density at radius 1 is 1.12 bits per heavy atom. The van der Waals surface area contributed by atoms with Crippen molar-refractivity contribution in [2.24, 2.45) is 0 Å². The van der Waals surface area contributed by atoms with E-state index in [1.165, 1.54) is 0 Å². The number of anilines is 1. The van der Waals surface area contributed by atoms with Gasteiger partial charge in [-0.05, 0) is 24.3 Å². The standard InChI is InChI=1S/C12H12N2O2/c1-15-9-4-2-5-10(8-9)16-12-11(13)6-3-7-14-12/h2-8H,13H2,1H3. The molecule has 0 amide bonds. The molecule has 4 heteroatoms. The van der Waals surface area contributed by atoms with Crippen molar-refractivity contribution in [2.45, 2.75) is 0 Å². The molecule has 0 spiro atoms. The molecule has 0 bridgehead atoms. The minimum absolute atomic E-state index is 0.399. The average molecular weight is 216 g/mol. The lowest BCUT2D eigenvalue weighted by atomic mass is 10.3. The van der Waals surface area contributed by atoms with Crippen LogP contribution in [0.15, 0.2) is 42.6 Å². The Morgan fingerprint density at radius 3 is 2.69 bits per heavy atom. The van der Waals surface area contributed by atoms with E-state index < -0.39 is 0 Å². The number of methoxy groups -OCH3 is 1. The van der Waals surface area contributed by atoms with E-state index in [0.29, 0.717) is 17.3 Å². The third-order valence-electron chi connectivity index (χ3n) is 2.06. The van der Waals surface area contributed by atoms with Gasteiger partial charge in [0.2, 0.25) is 5.88 Å². The maximum absolute atomic E-state index is 5.72. The normalized spacial score (nSPS) is 9.81. The Balaban J connectivity index is 2.24. The summed E-state index contributed by atoms with van der Waals surface area (Å²) in [6, 6.07) is 10.8. The third-order valence-corrected chi connectivity index (χ3v) is 2.06. The fourth-order valence-corrected chi connectivity index (χ4v) is 1.26. The molecule has 2 N–H and O–H groups in total. The monoisotopic (exact) mass is 216 g/mol. The van der Waals surface area contributed by atoms with Gasteiger partial charge in [-0.1, -0.05) is 6.07 Å². The Morgan fingerprint density at radius 2 is 1.94 bits per heavy atom. The zero-order valence-electron chi connectivity index (χ0n) is 8.88. The third kappa shape index (κ3) is 2.23. The minimum Gasteiger partial charge on any atom is -0.497 e. The average Bonchev–Trinajstić information content (AvgIpc) is 2.32. The van der Waals surface area contributed by atoms with Gasteiger partial charge in [-0.15, -0.1) is 0 Å². The number of nitrogen functional groups attached to an aromatic ring is 1. The summed E-state index contributed by atoms with van der Waals surface area (Å²) in [5, 5.41) is 0. The number of ether oxygens (including phenoxy) is 2. The van der Waals surface area contributed by atoms with Gasteiger partial charge in [0.05, 0.1) is 12.8 Å². The summed E-state index contributed by atoms with van der Waals surface area (Å²) in [4.78, 5) is 4.04. The van der Waals surface area contributed by atoms with Crippen LogP contribution in [0.4, 0.5) is 5.69 Å². The summed E-state index contributed by atoms with van der Waals surface area (Å²) in [5.74, 6) is 1.77. The molecule has 16 heavy (non-hydrogen) atoms. The van der Waals surface area contributed by atoms with Crippen LogP contribution in [0.2, 0.25) is 0 Å². The van der Waals surface area contributed by atoms with E-state index in [-0.39, 0.29) is 0 Å². The van der Waals surface area contributed by atoms with Crippen molar-refractivity contribution >= 4 is 5.69 Å². The van der Waals surface area contributed by atoms with Crippen molar-refractivity contribution < 1.29 is 9.47 Å². The van der Waals surface area contributed by atoms with Gasteiger partial charge in [0.1, 0.15) is 11.5 Å². The van der Waals surface area contributed by atoms with Crippen molar-refractivity contribution in [3.8, 4) is 17.4 Å². The number of rotatable bonds is 3. The SMILES string of the molecule is COc1cccc(Oc2ncccc2N)c1. The van der Waals surface area contributed by atoms with Crippen LogP contribution < -0.4 is 15.2 Å². The molecule has 4 nitrogen and oxygen atoms in total. The van der Waals surface area contributed by atoms with E-state index in [2.05, 4.69) is 4.98 Å². The second-order valence-electron chi connectivity index (χ2n) is 3.18. The molecule has 2 rings (SSSR count). The first-order valence-electron chi connectivity index (χ1n) is 4.82. The fourth-order valence-electron chi connectivity index (χ4n) is 1.26. The van der Waals surface area contributed by atoms with E-state index in [1.54, 1.807) is 31.5 Å². The summed E-state index contributed by atoms with van der Waals surface area (Å²) in [7, 11) is 1.61. The van der Waals surface area contributed by atoms with E-state index in [1.807, 2.05) is 18.2 Å². The number of nitrogens with zero attached hydrogens (tertiary/aromatic N) is 1. The molecule has 0 radical (unpaired) electrons. The van der Waals surface area contributed by atoms with Crippen molar-refractivity contribution in [2.75, 3.05) is 12.8 Å². The molecule has 0 aliphatic rings. The van der Waals surface area contributed by atoms with Crippen molar-refractivity contribution in [3.63, 3.8) is 0 Å². The summed E-state index contributed by atoms with van der Waals surface area (Å²) in [6.07, 6.45) is 1.63. The van der Waals surface area contributed by atoms with Gasteiger partial charge in [0, 0.05) is 12.3 Å². The van der Waals surface area contributed by atoms with Crippen LogP contribution >= 0.6 is 0 Å². The number of hydrogen-bond acceptors (Lipinski definition) is 4. The molecule has 0 aliphatic heterocycles. The van der Waals surface area contributed by atoms with Gasteiger partial charge in [0.25, 0.3) is 0 Å². The minimum atomic E-state index is 0.399. The van der Waals surface area contributed by atoms with Gasteiger partial charge >= 0.3 is 0 Å². The van der Waals surface area contributed by atoms with Gasteiger partial charge in [-0.3, -0.25) is 0 Å². The van der Waals surface area contributed by atoms with Gasteiger partial charge < -0.3 is 15.2 Å². The first-order chi connectivity index (χ1) is 7.79. The molecule has 1 aromatic carbocycles. The van der Waals surface area contributed by atoms with E-state index in [4.69, 9.17) is 15.2 Å². The van der Waals surface area contributed by atoms with E-state index >= 15 is 0 Å². The maximum Gasteiger partial charge on any atom is 0.242 e. The fraction of sp³-hybridized carbons (Fsp3) is 0.0833. The predicted octanol–water partition coefficient (Wildman–Crippen LogP) is 2.46. The molecule has 0 unspecified atom stereocenters. The van der Waals surface area contributed by atoms with Crippen LogP contribution in [0.5, 0.6) is 17.4 Å². The number of nitrogens with two attached hydrogens (primary N) is 1. The molecule has 2 aromatic rings. The first-order valence-corrected chi connectivity index (χ1v) is 4.82. The molecular formula is C12H12N2O2. The van der Waals surface area contributed by atoms with Crippen LogP contribution in [0.1, 0.15) is 0 Å². The summed E-state index contributed by atoms with van der Waals surface area (Å²) in [6.45, 7) is 0. The number of aromatic nitrogens is 1. The molecule has 82 valence electrons. The highest BCUT2D eigenvalue weighted by Gasteiger charge is 2.03. The van der Waals surface area contributed by atoms with Gasteiger partial charge in [-0.25, -0.2) is 4.98 Å². The molecule has 0 aliphatic carbocycles. The predicted molar refractivity (Wildman–Crippen MR) is 61.7 cm³/mol. The van der Waals surface area contributed by atoms with Crippen LogP contribution in [0.3, 0.4) is 0 Å². The second-order valence-corrected chi connectivity index (χ2v) is 3.18. The molecular weight excluding hydrogens is 204 g/mol. The summed E-state index contributed by atoms with van der Waals surface area (Å²) >= 11 is 0. The van der Waals surface area contributed by atoms with Crippen LogP contribution in [-0.4, -0.2) is 12.1 Å². The molecule has 1 aromatic heterocycles. The van der Waals surface area contributed by atoms with E-state index in [0.717, 1.165) is 5.75 Å². The number of benzene rings is 1. The molecule has 1 heterocycles. The lowest BCUT2D eigenvalue weighted by Crippen LogP contribution is -1.94. The first kappa shape index (κ1) is 10.3. The van der Waals surface area contributed by atoms with Crippen molar-refractivity contribution in [1.29, 1.82) is 0 Å². The Bertz CT molecular complexity index is 486. The van der Waals surface area contributed by atoms with E-state index in [9.17, 15) is 0 Å².